The van der Waals surface area contributed by atoms with Crippen molar-refractivity contribution in [3.8, 4) is 5.75 Å². The lowest BCUT2D eigenvalue weighted by Gasteiger charge is -2.06. The van der Waals surface area contributed by atoms with Crippen molar-refractivity contribution in [2.75, 3.05) is 5.32 Å². The second kappa shape index (κ2) is 6.91. The maximum Gasteiger partial charge on any atom is 0.277 e. The Labute approximate surface area is 137 Å². The topological polar surface area (TPSA) is 69.0 Å². The van der Waals surface area contributed by atoms with Crippen molar-refractivity contribution < 1.29 is 13.9 Å². The third-order valence-electron chi connectivity index (χ3n) is 3.21. The summed E-state index contributed by atoms with van der Waals surface area (Å²) in [6, 6.07) is 10.9. The molecule has 0 unspecified atom stereocenters. The van der Waals surface area contributed by atoms with Gasteiger partial charge in [0, 0.05) is 12.4 Å². The number of halogens is 1. The first-order valence-corrected chi connectivity index (χ1v) is 7.26. The largest absolute Gasteiger partial charge is 0.471 e. The van der Waals surface area contributed by atoms with Gasteiger partial charge in [-0.3, -0.25) is 4.79 Å². The highest BCUT2D eigenvalue weighted by molar-refractivity contribution is 6.02. The van der Waals surface area contributed by atoms with Crippen molar-refractivity contribution in [1.29, 1.82) is 0 Å². The Kier molecular flexibility index (Phi) is 4.51. The van der Waals surface area contributed by atoms with Gasteiger partial charge in [0.25, 0.3) is 5.91 Å². The third-order valence-corrected chi connectivity index (χ3v) is 3.21. The Morgan fingerprint density at radius 3 is 2.79 bits per heavy atom. The molecule has 0 bridgehead atoms. The molecule has 2 aromatic heterocycles. The number of rotatable bonds is 5. The zero-order chi connectivity index (χ0) is 16.9. The first-order valence-electron chi connectivity index (χ1n) is 7.26. The lowest BCUT2D eigenvalue weighted by molar-refractivity contribution is 0.102. The van der Waals surface area contributed by atoms with Crippen molar-refractivity contribution in [3.05, 3.63) is 71.9 Å². The van der Waals surface area contributed by atoms with E-state index in [-0.39, 0.29) is 24.1 Å². The van der Waals surface area contributed by atoms with Crippen LogP contribution in [0.1, 0.15) is 16.1 Å². The lowest BCUT2D eigenvalue weighted by atomic mass is 10.3. The van der Waals surface area contributed by atoms with Crippen LogP contribution < -0.4 is 10.1 Å². The minimum atomic E-state index is -0.353. The second-order valence-electron chi connectivity index (χ2n) is 5.14. The van der Waals surface area contributed by atoms with E-state index < -0.39 is 0 Å². The fourth-order valence-electron chi connectivity index (χ4n) is 2.01. The van der Waals surface area contributed by atoms with E-state index in [2.05, 4.69) is 15.4 Å². The molecule has 1 aromatic carbocycles. The first kappa shape index (κ1) is 15.7. The van der Waals surface area contributed by atoms with Gasteiger partial charge in [0.15, 0.2) is 12.4 Å². The summed E-state index contributed by atoms with van der Waals surface area (Å²) in [5.74, 6) is 0.303. The lowest BCUT2D eigenvalue weighted by Crippen LogP contribution is -2.15. The van der Waals surface area contributed by atoms with E-state index in [1.54, 1.807) is 24.5 Å². The molecule has 7 heteroatoms. The summed E-state index contributed by atoms with van der Waals surface area (Å²) in [5.41, 5.74) is 1.25. The Hall–Kier alpha value is -3.22. The molecule has 0 saturated heterocycles. The summed E-state index contributed by atoms with van der Waals surface area (Å²) in [5, 5.41) is 6.82. The predicted molar refractivity (Wildman–Crippen MR) is 86.2 cm³/mol. The highest BCUT2D eigenvalue weighted by atomic mass is 19.1. The molecule has 0 radical (unpaired) electrons. The van der Waals surface area contributed by atoms with E-state index in [9.17, 15) is 9.18 Å². The number of nitrogens with one attached hydrogen (secondary N) is 1. The van der Waals surface area contributed by atoms with Crippen molar-refractivity contribution >= 4 is 11.7 Å². The molecular weight excluding hydrogens is 311 g/mol. The monoisotopic (exact) mass is 326 g/mol. The van der Waals surface area contributed by atoms with Gasteiger partial charge in [-0.25, -0.2) is 14.1 Å². The molecule has 0 spiro atoms. The van der Waals surface area contributed by atoms with Crippen LogP contribution in [-0.2, 0) is 6.73 Å². The average molecular weight is 326 g/mol. The standard InChI is InChI=1S/C17H15FN4O2/c1-12-6-8-19-16(10-12)20-17(23)15-7-9-22(21-15)11-24-14-4-2-13(18)3-5-14/h2-10H,11H2,1H3,(H,19,20,23). The maximum absolute atomic E-state index is 12.8. The summed E-state index contributed by atoms with van der Waals surface area (Å²) in [4.78, 5) is 16.2. The molecule has 0 atom stereocenters. The quantitative estimate of drug-likeness (QED) is 0.782. The fraction of sp³-hybridized carbons (Fsp3) is 0.118. The molecule has 0 aliphatic carbocycles. The van der Waals surface area contributed by atoms with Crippen molar-refractivity contribution in [1.82, 2.24) is 14.8 Å². The van der Waals surface area contributed by atoms with E-state index in [4.69, 9.17) is 4.74 Å². The van der Waals surface area contributed by atoms with Crippen LogP contribution in [0.3, 0.4) is 0 Å². The number of aryl methyl sites for hydroxylation is 1. The molecule has 0 fully saturated rings. The van der Waals surface area contributed by atoms with Crippen LogP contribution in [0.5, 0.6) is 5.75 Å². The summed E-state index contributed by atoms with van der Waals surface area (Å²) >= 11 is 0. The number of amides is 1. The van der Waals surface area contributed by atoms with Crippen LogP contribution in [0.15, 0.2) is 54.9 Å². The molecule has 0 saturated carbocycles. The maximum atomic E-state index is 12.8. The molecule has 3 aromatic rings. The van der Waals surface area contributed by atoms with E-state index in [0.717, 1.165) is 5.56 Å². The van der Waals surface area contributed by atoms with E-state index in [1.165, 1.54) is 28.9 Å². The summed E-state index contributed by atoms with van der Waals surface area (Å²) in [6.07, 6.45) is 3.25. The number of hydrogen-bond acceptors (Lipinski definition) is 4. The Balaban J connectivity index is 1.60. The van der Waals surface area contributed by atoms with Gasteiger partial charge in [-0.1, -0.05) is 0 Å². The zero-order valence-electron chi connectivity index (χ0n) is 12.9. The Morgan fingerprint density at radius 2 is 2.04 bits per heavy atom. The molecule has 0 aliphatic rings. The van der Waals surface area contributed by atoms with Gasteiger partial charge in [-0.05, 0) is 55.0 Å². The van der Waals surface area contributed by atoms with Crippen LogP contribution in [0.4, 0.5) is 10.2 Å². The molecule has 24 heavy (non-hydrogen) atoms. The summed E-state index contributed by atoms with van der Waals surface area (Å²) in [7, 11) is 0. The van der Waals surface area contributed by atoms with Gasteiger partial charge >= 0.3 is 0 Å². The number of hydrogen-bond donors (Lipinski definition) is 1. The molecule has 6 nitrogen and oxygen atoms in total. The van der Waals surface area contributed by atoms with Gasteiger partial charge in [0.05, 0.1) is 0 Å². The SMILES string of the molecule is Cc1ccnc(NC(=O)c2ccn(COc3ccc(F)cc3)n2)c1. The Morgan fingerprint density at radius 1 is 1.25 bits per heavy atom. The highest BCUT2D eigenvalue weighted by Crippen LogP contribution is 2.12. The number of benzene rings is 1. The number of carbonyl (C=O) groups excluding carboxylic acids is 1. The second-order valence-corrected chi connectivity index (χ2v) is 5.14. The predicted octanol–water partition coefficient (Wildman–Crippen LogP) is 3.01. The molecule has 1 N–H and O–H groups in total. The van der Waals surface area contributed by atoms with Crippen LogP contribution in [0.2, 0.25) is 0 Å². The molecule has 1 amide bonds. The number of carbonyl (C=O) groups is 1. The molecular formula is C17H15FN4O2. The molecule has 122 valence electrons. The van der Waals surface area contributed by atoms with Gasteiger partial charge in [0.1, 0.15) is 17.4 Å². The third kappa shape index (κ3) is 3.95. The minimum absolute atomic E-state index is 0.113. The van der Waals surface area contributed by atoms with Gasteiger partial charge < -0.3 is 10.1 Å². The fourth-order valence-corrected chi connectivity index (χ4v) is 2.01. The number of ether oxygens (including phenoxy) is 1. The number of nitrogens with zero attached hydrogens (tertiary/aromatic N) is 3. The van der Waals surface area contributed by atoms with Crippen LogP contribution in [-0.4, -0.2) is 20.7 Å². The van der Waals surface area contributed by atoms with Crippen molar-refractivity contribution in [2.45, 2.75) is 13.7 Å². The van der Waals surface area contributed by atoms with E-state index >= 15 is 0 Å². The Bertz CT molecular complexity index is 846. The number of aromatic nitrogens is 3. The minimum Gasteiger partial charge on any atom is -0.471 e. The van der Waals surface area contributed by atoms with Gasteiger partial charge in [0.2, 0.25) is 0 Å². The first-order chi connectivity index (χ1) is 11.6. The average Bonchev–Trinajstić information content (AvgIpc) is 3.03. The van der Waals surface area contributed by atoms with E-state index in [1.807, 2.05) is 13.0 Å². The van der Waals surface area contributed by atoms with Crippen LogP contribution in [0.25, 0.3) is 0 Å². The van der Waals surface area contributed by atoms with Crippen LogP contribution >= 0.6 is 0 Å². The van der Waals surface area contributed by atoms with Crippen molar-refractivity contribution in [2.24, 2.45) is 0 Å². The molecule has 0 aliphatic heterocycles. The zero-order valence-corrected chi connectivity index (χ0v) is 12.9. The number of pyridine rings is 1. The van der Waals surface area contributed by atoms with Crippen LogP contribution in [0, 0.1) is 12.7 Å². The highest BCUT2D eigenvalue weighted by Gasteiger charge is 2.10. The summed E-state index contributed by atoms with van der Waals surface area (Å²) < 4.78 is 19.8. The van der Waals surface area contributed by atoms with Crippen molar-refractivity contribution in [3.63, 3.8) is 0 Å². The molecule has 2 heterocycles. The smallest absolute Gasteiger partial charge is 0.277 e. The molecule has 3 rings (SSSR count). The van der Waals surface area contributed by atoms with E-state index in [0.29, 0.717) is 11.6 Å². The summed E-state index contributed by atoms with van der Waals surface area (Å²) in [6.45, 7) is 2.03. The number of anilines is 1. The van der Waals surface area contributed by atoms with Gasteiger partial charge in [-0.15, -0.1) is 0 Å². The van der Waals surface area contributed by atoms with Gasteiger partial charge in [-0.2, -0.15) is 5.10 Å². The normalized spacial score (nSPS) is 10.4.